The van der Waals surface area contributed by atoms with Gasteiger partial charge in [0, 0.05) is 12.1 Å². The Morgan fingerprint density at radius 2 is 2.35 bits per heavy atom. The fourth-order valence-corrected chi connectivity index (χ4v) is 2.14. The number of fused-ring (bicyclic) bond motifs is 3. The summed E-state index contributed by atoms with van der Waals surface area (Å²) in [6.45, 7) is 0. The predicted molar refractivity (Wildman–Crippen MR) is 66.5 cm³/mol. The molecule has 0 fully saturated rings. The van der Waals surface area contributed by atoms with Gasteiger partial charge in [-0.3, -0.25) is 0 Å². The largest absolute Gasteiger partial charge is 0.617 e. The Hall–Kier alpha value is -2.79. The Morgan fingerprint density at radius 3 is 3.00 bits per heavy atom. The van der Waals surface area contributed by atoms with Crippen LogP contribution in [0, 0.1) is 16.5 Å². The van der Waals surface area contributed by atoms with Gasteiger partial charge in [-0.15, -0.1) is 9.56 Å². The van der Waals surface area contributed by atoms with Crippen molar-refractivity contribution >= 4 is 28.3 Å². The molecule has 0 radical (unpaired) electrons. The molecule has 0 aliphatic heterocycles. The van der Waals surface area contributed by atoms with E-state index in [1.807, 2.05) is 0 Å². The minimum absolute atomic E-state index is 0.0565. The monoisotopic (exact) mass is 292 g/mol. The van der Waals surface area contributed by atoms with Crippen molar-refractivity contribution in [3.8, 4) is 11.8 Å². The Kier molecular flexibility index (Phi) is 2.52. The van der Waals surface area contributed by atoms with E-state index in [-0.39, 0.29) is 27.4 Å². The second kappa shape index (κ2) is 4.11. The molecule has 9 heteroatoms. The molecular weight excluding hydrogens is 288 g/mol. The molecule has 2 heterocycles. The molecule has 0 spiro atoms. The molecule has 0 aliphatic rings. The summed E-state index contributed by atoms with van der Waals surface area (Å²) in [5.74, 6) is -0.621. The Labute approximate surface area is 115 Å². The summed E-state index contributed by atoms with van der Waals surface area (Å²) in [5.41, 5.74) is -0.250. The van der Waals surface area contributed by atoms with Gasteiger partial charge in [0.1, 0.15) is 5.75 Å². The number of aromatic nitrogens is 3. The smallest absolute Gasteiger partial charge is 0.460 e. The van der Waals surface area contributed by atoms with Crippen molar-refractivity contribution in [1.82, 2.24) is 9.56 Å². The lowest BCUT2D eigenvalue weighted by Gasteiger charge is -2.07. The van der Waals surface area contributed by atoms with Crippen molar-refractivity contribution < 1.29 is 14.0 Å². The number of rotatable bonds is 1. The molecule has 3 aromatic rings. The van der Waals surface area contributed by atoms with E-state index in [1.165, 1.54) is 19.2 Å². The third-order valence-corrected chi connectivity index (χ3v) is 3.06. The average molecular weight is 293 g/mol. The minimum atomic E-state index is -0.914. The van der Waals surface area contributed by atoms with Crippen molar-refractivity contribution in [2.24, 2.45) is 0 Å². The summed E-state index contributed by atoms with van der Waals surface area (Å²) in [5, 5.41) is 21.4. The second-order valence-corrected chi connectivity index (χ2v) is 4.22. The molecule has 0 amide bonds. The number of benzene rings is 1. The highest BCUT2D eigenvalue weighted by molar-refractivity contribution is 6.32. The first kappa shape index (κ1) is 12.3. The number of halogens is 1. The van der Waals surface area contributed by atoms with Gasteiger partial charge in [0.25, 0.3) is 5.65 Å². The quantitative estimate of drug-likeness (QED) is 0.480. The molecule has 0 N–H and O–H groups in total. The van der Waals surface area contributed by atoms with Crippen LogP contribution >= 0.6 is 11.6 Å². The molecule has 20 heavy (non-hydrogen) atoms. The van der Waals surface area contributed by atoms with Gasteiger partial charge < -0.3 is 14.5 Å². The molecule has 100 valence electrons. The molecule has 0 atom stereocenters. The molecule has 8 nitrogen and oxygen atoms in total. The van der Waals surface area contributed by atoms with Crippen LogP contribution in [0.3, 0.4) is 0 Å². The highest BCUT2D eigenvalue weighted by atomic mass is 35.5. The predicted octanol–water partition coefficient (Wildman–Crippen LogP) is 0.608. The average Bonchev–Trinajstić information content (AvgIpc) is 2.80. The summed E-state index contributed by atoms with van der Waals surface area (Å²) in [6, 6.07) is 4.43. The van der Waals surface area contributed by atoms with E-state index >= 15 is 0 Å². The van der Waals surface area contributed by atoms with Crippen LogP contribution in [-0.4, -0.2) is 16.7 Å². The van der Waals surface area contributed by atoms with E-state index in [2.05, 4.69) is 4.98 Å². The zero-order valence-corrected chi connectivity index (χ0v) is 10.7. The lowest BCUT2D eigenvalue weighted by molar-refractivity contribution is -0.579. The van der Waals surface area contributed by atoms with E-state index in [0.717, 1.165) is 4.57 Å². The van der Waals surface area contributed by atoms with Crippen LogP contribution in [0.4, 0.5) is 0 Å². The number of nitrogens with zero attached hydrogens (tertiary/aromatic N) is 4. The van der Waals surface area contributed by atoms with Gasteiger partial charge in [-0.25, -0.2) is 4.79 Å². The first-order chi connectivity index (χ1) is 9.56. The standard InChI is InChI=1S/C11H5ClN4O4/c1-19-9-3-7-6(2-5(9)12)15(18)8(4-13)10-14-11(17)20-16(7)10/h2-3H,1H3. The van der Waals surface area contributed by atoms with Crippen LogP contribution in [0.25, 0.3) is 16.7 Å². The van der Waals surface area contributed by atoms with E-state index in [0.29, 0.717) is 10.5 Å². The maximum atomic E-state index is 12.1. The van der Waals surface area contributed by atoms with Crippen molar-refractivity contribution in [3.05, 3.63) is 38.6 Å². The topological polar surface area (TPSA) is 107 Å². The Morgan fingerprint density at radius 1 is 1.60 bits per heavy atom. The summed E-state index contributed by atoms with van der Waals surface area (Å²) in [7, 11) is 1.41. The molecule has 0 saturated carbocycles. The fourth-order valence-electron chi connectivity index (χ4n) is 1.91. The van der Waals surface area contributed by atoms with Crippen LogP contribution in [0.1, 0.15) is 5.69 Å². The highest BCUT2D eigenvalue weighted by Gasteiger charge is 2.23. The molecule has 3 rings (SSSR count). The maximum Gasteiger partial charge on any atom is 0.460 e. The van der Waals surface area contributed by atoms with Crippen LogP contribution in [0.15, 0.2) is 21.5 Å². The third kappa shape index (κ3) is 1.50. The Balaban J connectivity index is 2.64. The van der Waals surface area contributed by atoms with Gasteiger partial charge in [0.15, 0.2) is 11.6 Å². The number of hydrogen-bond acceptors (Lipinski definition) is 6. The summed E-state index contributed by atoms with van der Waals surface area (Å²) in [6.07, 6.45) is 0. The van der Waals surface area contributed by atoms with Crippen LogP contribution < -0.4 is 15.2 Å². The molecule has 1 aromatic carbocycles. The zero-order chi connectivity index (χ0) is 14.4. The lowest BCUT2D eigenvalue weighted by atomic mass is 10.2. The van der Waals surface area contributed by atoms with E-state index in [4.69, 9.17) is 26.1 Å². The Bertz CT molecular complexity index is 953. The highest BCUT2D eigenvalue weighted by Crippen LogP contribution is 2.29. The van der Waals surface area contributed by atoms with Gasteiger partial charge in [-0.1, -0.05) is 11.6 Å². The number of nitriles is 1. The van der Waals surface area contributed by atoms with Crippen molar-refractivity contribution in [2.75, 3.05) is 7.11 Å². The van der Waals surface area contributed by atoms with Gasteiger partial charge in [-0.05, 0) is 0 Å². The van der Waals surface area contributed by atoms with Gasteiger partial charge in [0.2, 0.25) is 5.52 Å². The molecule has 2 aromatic heterocycles. The van der Waals surface area contributed by atoms with Gasteiger partial charge >= 0.3 is 11.4 Å². The number of methoxy groups -OCH3 is 1. The van der Waals surface area contributed by atoms with E-state index in [9.17, 15) is 10.0 Å². The first-order valence-electron chi connectivity index (χ1n) is 5.29. The van der Waals surface area contributed by atoms with Gasteiger partial charge in [-0.2, -0.15) is 9.99 Å². The SMILES string of the molecule is COc1cc2c(cc1Cl)[n+]([O-])c(C#N)c1nc(=O)on12. The van der Waals surface area contributed by atoms with Crippen LogP contribution in [-0.2, 0) is 0 Å². The van der Waals surface area contributed by atoms with Crippen molar-refractivity contribution in [1.29, 1.82) is 5.26 Å². The summed E-state index contributed by atoms with van der Waals surface area (Å²) < 4.78 is 11.3. The fraction of sp³-hybridized carbons (Fsp3) is 0.0909. The summed E-state index contributed by atoms with van der Waals surface area (Å²) in [4.78, 5) is 14.8. The van der Waals surface area contributed by atoms with Gasteiger partial charge in [0.05, 0.1) is 12.1 Å². The van der Waals surface area contributed by atoms with Crippen molar-refractivity contribution in [3.63, 3.8) is 0 Å². The van der Waals surface area contributed by atoms with Crippen molar-refractivity contribution in [2.45, 2.75) is 0 Å². The normalized spacial score (nSPS) is 10.8. The van der Waals surface area contributed by atoms with E-state index < -0.39 is 5.76 Å². The minimum Gasteiger partial charge on any atom is -0.617 e. The lowest BCUT2D eigenvalue weighted by Crippen LogP contribution is -2.33. The molecular formula is C11H5ClN4O4. The second-order valence-electron chi connectivity index (χ2n) is 3.82. The zero-order valence-electron chi connectivity index (χ0n) is 9.95. The molecule has 0 aliphatic carbocycles. The first-order valence-corrected chi connectivity index (χ1v) is 5.67. The summed E-state index contributed by atoms with van der Waals surface area (Å²) >= 11 is 5.95. The molecule has 0 unspecified atom stereocenters. The van der Waals surface area contributed by atoms with E-state index in [1.54, 1.807) is 6.07 Å². The number of hydrogen-bond donors (Lipinski definition) is 0. The molecule has 0 saturated heterocycles. The molecule has 0 bridgehead atoms. The van der Waals surface area contributed by atoms with Crippen LogP contribution in [0.5, 0.6) is 5.75 Å². The third-order valence-electron chi connectivity index (χ3n) is 2.77. The number of ether oxygens (including phenoxy) is 1. The van der Waals surface area contributed by atoms with Crippen LogP contribution in [0.2, 0.25) is 5.02 Å². The maximum absolute atomic E-state index is 12.1.